The van der Waals surface area contributed by atoms with Crippen LogP contribution < -0.4 is 0 Å². The van der Waals surface area contributed by atoms with E-state index in [4.69, 9.17) is 0 Å². The molecular weight excluding hydrogens is 1620 g/mol. The summed E-state index contributed by atoms with van der Waals surface area (Å²) < 4.78 is 0. The number of hydrogen-bond acceptors (Lipinski definition) is 0. The predicted molar refractivity (Wildman–Crippen MR) is 566 cm³/mol. The number of hydrogen-bond donors (Lipinski definition) is 0. The van der Waals surface area contributed by atoms with Crippen LogP contribution in [0, 0.1) is 31.2 Å². The van der Waals surface area contributed by atoms with Gasteiger partial charge in [0, 0.05) is 65.4 Å². The molecule has 0 nitrogen and oxygen atoms in total. The Labute approximate surface area is 814 Å². The molecule has 0 aliphatic carbocycles. The quantitative estimate of drug-likeness (QED) is 0.133. The van der Waals surface area contributed by atoms with Crippen LogP contribution >= 0.6 is 0 Å². The van der Waals surface area contributed by atoms with Crippen LogP contribution in [0.4, 0.5) is 0 Å². The third kappa shape index (κ3) is 195. The normalized spacial score (nSPS) is 6.93. The molecule has 0 bridgehead atoms. The van der Waals surface area contributed by atoms with Gasteiger partial charge in [0.1, 0.15) is 0 Å². The van der Waals surface area contributed by atoms with E-state index in [0.29, 0.717) is 0 Å². The van der Waals surface area contributed by atoms with Crippen molar-refractivity contribution in [1.29, 1.82) is 0 Å². The van der Waals surface area contributed by atoms with E-state index < -0.39 is 0 Å². The van der Waals surface area contributed by atoms with Crippen LogP contribution in [0.3, 0.4) is 0 Å². The maximum Gasteiger partial charge on any atom is 0 e. The first-order chi connectivity index (χ1) is 59.4. The van der Waals surface area contributed by atoms with Crippen molar-refractivity contribution >= 4 is 10.8 Å². The van der Waals surface area contributed by atoms with Gasteiger partial charge < -0.3 is 0 Å². The summed E-state index contributed by atoms with van der Waals surface area (Å²) in [5.74, 6) is 0. The van der Waals surface area contributed by atoms with E-state index in [1.165, 1.54) is 48.4 Å². The zero-order valence-corrected chi connectivity index (χ0v) is 90.2. The fraction of sp³-hybridized carbons (Fsp3) is 0.317. The number of rotatable bonds is 0. The van der Waals surface area contributed by atoms with Crippen LogP contribution in [0.25, 0.3) is 10.8 Å². The molecule has 14 rings (SSSR count). The molecule has 0 spiro atoms. The average molecular weight is 1800 g/mol. The minimum Gasteiger partial charge on any atom is -0.184 e. The molecule has 122 heavy (non-hydrogen) atoms. The molecule has 0 saturated heterocycles. The molecule has 674 valence electrons. The Morgan fingerprint density at radius 1 is 0.131 bits per heavy atom. The SMILES string of the molecule is CC.CC.CC.CC.CC.CC.CC.CC.CC.CC.CC.CCC.CCC.CCC.CCC.CCC.Cc1ccccc1.[Y].[Y].[c-]1ccccc1.[c-]1ccccc1.[c-]1ccccc1.[c-]1ccccc1.c1ccc2ccccc2c1.c1ccccc1.c1ccccc1.c1ccccc1.c1ccccc1.c1ccccc1.c1ccccc1.c1ccccc1. The van der Waals surface area contributed by atoms with Crippen molar-refractivity contribution in [2.45, 2.75) is 261 Å². The fourth-order valence-electron chi connectivity index (χ4n) is 5.73. The Morgan fingerprint density at radius 2 is 0.205 bits per heavy atom. The van der Waals surface area contributed by atoms with Gasteiger partial charge in [-0.05, 0) is 17.7 Å². The second-order valence-corrected chi connectivity index (χ2v) is 19.9. The zero-order chi connectivity index (χ0) is 94.1. The molecule has 0 unspecified atom stereocenters. The van der Waals surface area contributed by atoms with E-state index >= 15 is 0 Å². The van der Waals surface area contributed by atoms with Gasteiger partial charge in [-0.3, -0.25) is 0 Å². The third-order valence-corrected chi connectivity index (χ3v) is 9.69. The van der Waals surface area contributed by atoms with Crippen molar-refractivity contribution in [3.63, 3.8) is 0 Å². The first-order valence-electron chi connectivity index (χ1n) is 45.5. The van der Waals surface area contributed by atoms with Crippen LogP contribution in [0.2, 0.25) is 0 Å². The van der Waals surface area contributed by atoms with Crippen molar-refractivity contribution < 1.29 is 65.4 Å². The summed E-state index contributed by atoms with van der Waals surface area (Å²) in [5.41, 5.74) is 1.32. The molecule has 14 aromatic carbocycles. The molecule has 0 fully saturated rings. The van der Waals surface area contributed by atoms with E-state index in [1.54, 1.807) is 0 Å². The monoisotopic (exact) mass is 1800 g/mol. The van der Waals surface area contributed by atoms with Crippen LogP contribution in [0.15, 0.2) is 455 Å². The first kappa shape index (κ1) is 154. The average Bonchev–Trinajstić information content (AvgIpc) is 0.873. The van der Waals surface area contributed by atoms with Crippen molar-refractivity contribution in [2.75, 3.05) is 0 Å². The summed E-state index contributed by atoms with van der Waals surface area (Å²) in [5, 5.41) is 2.62. The molecule has 14 aromatic rings. The van der Waals surface area contributed by atoms with Crippen LogP contribution in [0.1, 0.15) is 259 Å². The number of aryl methyl sites for hydroxylation is 1. The zero-order valence-electron chi connectivity index (χ0n) is 84.5. The summed E-state index contributed by atoms with van der Waals surface area (Å²) in [6.07, 6.45) is 6.25. The van der Waals surface area contributed by atoms with Gasteiger partial charge in [0.15, 0.2) is 0 Å². The van der Waals surface area contributed by atoms with Crippen molar-refractivity contribution in [3.8, 4) is 0 Å². The van der Waals surface area contributed by atoms with E-state index in [-0.39, 0.29) is 65.4 Å². The topological polar surface area (TPSA) is 0 Å². The molecule has 0 aliphatic heterocycles. The van der Waals surface area contributed by atoms with Gasteiger partial charge >= 0.3 is 0 Å². The van der Waals surface area contributed by atoms with E-state index in [2.05, 4.69) is 161 Å². The van der Waals surface area contributed by atoms with Gasteiger partial charge in [-0.15, -0.1) is 0 Å². The number of fused-ring (bicyclic) bond motifs is 1. The second-order valence-electron chi connectivity index (χ2n) is 19.9. The van der Waals surface area contributed by atoms with Crippen LogP contribution in [0.5, 0.6) is 0 Å². The van der Waals surface area contributed by atoms with Crippen molar-refractivity contribution in [3.05, 3.63) is 485 Å². The summed E-state index contributed by atoms with van der Waals surface area (Å²) >= 11 is 0. The predicted octanol–water partition coefficient (Wildman–Crippen LogP) is 41.0. The third-order valence-electron chi connectivity index (χ3n) is 9.69. The maximum atomic E-state index is 2.89. The molecule has 0 heterocycles. The van der Waals surface area contributed by atoms with Gasteiger partial charge in [0.2, 0.25) is 0 Å². The maximum absolute atomic E-state index is 2.89. The van der Waals surface area contributed by atoms with E-state index in [9.17, 15) is 0 Å². The van der Waals surface area contributed by atoms with Crippen LogP contribution in [-0.2, 0) is 65.4 Å². The van der Waals surface area contributed by atoms with Gasteiger partial charge in [-0.1, -0.05) is 593 Å². The van der Waals surface area contributed by atoms with Crippen molar-refractivity contribution in [1.82, 2.24) is 0 Å². The van der Waals surface area contributed by atoms with E-state index in [0.717, 1.165) is 0 Å². The van der Waals surface area contributed by atoms with Gasteiger partial charge in [0.05, 0.1) is 0 Å². The van der Waals surface area contributed by atoms with Crippen LogP contribution in [-0.4, -0.2) is 0 Å². The second kappa shape index (κ2) is 196. The Hall–Kier alpha value is -8.45. The summed E-state index contributed by atoms with van der Waals surface area (Å²) in [6, 6.07) is 161. The smallest absolute Gasteiger partial charge is 0 e. The summed E-state index contributed by atoms with van der Waals surface area (Å²) in [6.45, 7) is 67.3. The summed E-state index contributed by atoms with van der Waals surface area (Å²) in [7, 11) is 0. The van der Waals surface area contributed by atoms with Gasteiger partial charge in [-0.2, -0.15) is 146 Å². The molecule has 0 aromatic heterocycles. The molecule has 0 amide bonds. The molecular formula is C120H184Y2-4. The Bertz CT molecular complexity index is 2350. The summed E-state index contributed by atoms with van der Waals surface area (Å²) in [4.78, 5) is 0. The standard InChI is InChI=1S/C10H8.C7H8.7C6H6.4C6H5.5C3H8.11C2H6.2Y/c1-2-6-10-8-4-3-7-9(10)5-1;1-7-5-3-2-4-6-7;11*1-2-4-6-5-3-1;5*1-3-2;11*1-2;;/h1-8H;2-6H,1H3;7*1-6H;4*1-5H;5*3H2,1-2H3;11*1-2H3;;/q;;;;;;;;;4*-1;;;;;;;;;;;;;;;;;;. The first-order valence-corrected chi connectivity index (χ1v) is 45.5. The fourth-order valence-corrected chi connectivity index (χ4v) is 5.73. The van der Waals surface area contributed by atoms with E-state index in [1.807, 2.05) is 547 Å². The minimum atomic E-state index is 0. The Morgan fingerprint density at radius 3 is 0.262 bits per heavy atom. The minimum absolute atomic E-state index is 0. The largest absolute Gasteiger partial charge is 0.184 e. The van der Waals surface area contributed by atoms with Gasteiger partial charge in [-0.25, -0.2) is 0 Å². The molecule has 0 aliphatic rings. The molecule has 0 saturated carbocycles. The van der Waals surface area contributed by atoms with Gasteiger partial charge in [0.25, 0.3) is 0 Å². The van der Waals surface area contributed by atoms with Crippen molar-refractivity contribution in [2.24, 2.45) is 0 Å². The molecule has 2 radical (unpaired) electrons. The Kier molecular flexibility index (Phi) is 248. The number of benzene rings is 14. The molecule has 2 heteroatoms. The molecule has 0 N–H and O–H groups in total. The Balaban J connectivity index is -0.0000000633. The molecule has 0 atom stereocenters.